The van der Waals surface area contributed by atoms with Crippen LogP contribution in [0.4, 0.5) is 0 Å². The van der Waals surface area contributed by atoms with Gasteiger partial charge in [-0.15, -0.1) is 11.3 Å². The van der Waals surface area contributed by atoms with Crippen molar-refractivity contribution in [2.45, 2.75) is 13.8 Å². The first kappa shape index (κ1) is 19.7. The van der Waals surface area contributed by atoms with Gasteiger partial charge in [-0.3, -0.25) is 20.4 Å². The second kappa shape index (κ2) is 8.42. The summed E-state index contributed by atoms with van der Waals surface area (Å²) in [6, 6.07) is 12.3. The number of ether oxygens (including phenoxy) is 3. The van der Waals surface area contributed by atoms with Crippen LogP contribution >= 0.6 is 11.3 Å². The number of carbonyl (C=O) groups excluding carboxylic acids is 2. The summed E-state index contributed by atoms with van der Waals surface area (Å²) in [4.78, 5) is 29.8. The molecular formula is C21H19N3O5S. The summed E-state index contributed by atoms with van der Waals surface area (Å²) in [6.07, 6.45) is 0. The first-order valence-electron chi connectivity index (χ1n) is 9.26. The van der Waals surface area contributed by atoms with E-state index < -0.39 is 11.8 Å². The summed E-state index contributed by atoms with van der Waals surface area (Å²) in [5, 5.41) is 0.711. The van der Waals surface area contributed by atoms with E-state index in [1.54, 1.807) is 25.1 Å². The normalized spacial score (nSPS) is 11.8. The number of nitrogens with zero attached hydrogens (tertiary/aromatic N) is 1. The highest BCUT2D eigenvalue weighted by molar-refractivity contribution is 7.17. The molecular weight excluding hydrogens is 406 g/mol. The molecule has 9 heteroatoms. The van der Waals surface area contributed by atoms with Crippen molar-refractivity contribution in [2.75, 3.05) is 13.4 Å². The number of fused-ring (bicyclic) bond motifs is 1. The molecule has 0 unspecified atom stereocenters. The van der Waals surface area contributed by atoms with Crippen LogP contribution in [0, 0.1) is 6.92 Å². The molecule has 0 spiro atoms. The molecule has 0 saturated carbocycles. The van der Waals surface area contributed by atoms with Crippen molar-refractivity contribution in [3.8, 4) is 27.8 Å². The van der Waals surface area contributed by atoms with Crippen LogP contribution in [0.25, 0.3) is 10.6 Å². The lowest BCUT2D eigenvalue weighted by Crippen LogP contribution is -2.41. The van der Waals surface area contributed by atoms with Crippen molar-refractivity contribution in [3.63, 3.8) is 0 Å². The van der Waals surface area contributed by atoms with Gasteiger partial charge in [0, 0.05) is 11.1 Å². The maximum Gasteiger partial charge on any atom is 0.281 e. The molecule has 0 fully saturated rings. The van der Waals surface area contributed by atoms with Gasteiger partial charge in [-0.2, -0.15) is 0 Å². The number of hydrogen-bond acceptors (Lipinski definition) is 7. The largest absolute Gasteiger partial charge is 0.494 e. The third-order valence-electron chi connectivity index (χ3n) is 4.34. The molecule has 1 aliphatic rings. The Morgan fingerprint density at radius 2 is 1.80 bits per heavy atom. The highest BCUT2D eigenvalue weighted by Crippen LogP contribution is 2.32. The minimum atomic E-state index is -0.462. The quantitative estimate of drug-likeness (QED) is 0.609. The number of aromatic nitrogens is 1. The van der Waals surface area contributed by atoms with E-state index in [4.69, 9.17) is 14.2 Å². The third-order valence-corrected chi connectivity index (χ3v) is 5.54. The zero-order valence-electron chi connectivity index (χ0n) is 16.4. The summed E-state index contributed by atoms with van der Waals surface area (Å²) >= 11 is 1.25. The number of hydrazine groups is 1. The third kappa shape index (κ3) is 4.06. The van der Waals surface area contributed by atoms with E-state index in [-0.39, 0.29) is 6.79 Å². The minimum Gasteiger partial charge on any atom is -0.494 e. The second-order valence-corrected chi connectivity index (χ2v) is 7.37. The Morgan fingerprint density at radius 3 is 2.57 bits per heavy atom. The molecule has 0 atom stereocenters. The molecule has 30 heavy (non-hydrogen) atoms. The number of carbonyl (C=O) groups is 2. The fourth-order valence-corrected chi connectivity index (χ4v) is 3.84. The second-order valence-electron chi connectivity index (χ2n) is 6.37. The fourth-order valence-electron chi connectivity index (χ4n) is 2.87. The molecule has 2 aromatic carbocycles. The van der Waals surface area contributed by atoms with E-state index in [2.05, 4.69) is 15.8 Å². The summed E-state index contributed by atoms with van der Waals surface area (Å²) in [5.74, 6) is 0.954. The number of rotatable bonds is 5. The summed E-state index contributed by atoms with van der Waals surface area (Å²) < 4.78 is 15.9. The Balaban J connectivity index is 1.41. The van der Waals surface area contributed by atoms with Gasteiger partial charge >= 0.3 is 0 Å². The molecule has 1 aliphatic heterocycles. The van der Waals surface area contributed by atoms with Crippen molar-refractivity contribution < 1.29 is 23.8 Å². The monoisotopic (exact) mass is 425 g/mol. The van der Waals surface area contributed by atoms with Gasteiger partial charge in [-0.1, -0.05) is 0 Å². The molecule has 2 heterocycles. The maximum atomic E-state index is 12.6. The lowest BCUT2D eigenvalue weighted by Gasteiger charge is -2.07. The van der Waals surface area contributed by atoms with Crippen molar-refractivity contribution in [3.05, 3.63) is 58.6 Å². The first-order valence-corrected chi connectivity index (χ1v) is 10.1. The van der Waals surface area contributed by atoms with Crippen LogP contribution in [0.1, 0.15) is 32.6 Å². The van der Waals surface area contributed by atoms with Gasteiger partial charge in [0.2, 0.25) is 6.79 Å². The maximum absolute atomic E-state index is 12.6. The molecule has 2 N–H and O–H groups in total. The lowest BCUT2D eigenvalue weighted by molar-refractivity contribution is 0.0848. The minimum absolute atomic E-state index is 0.123. The number of hydrogen-bond donors (Lipinski definition) is 2. The standard InChI is InChI=1S/C21H19N3O5S/c1-3-27-15-7-4-13(5-8-15)21-22-12(2)18(30-21)20(26)24-23-19(25)14-6-9-16-17(10-14)29-11-28-16/h4-10H,3,11H2,1-2H3,(H,23,25)(H,24,26). The van der Waals surface area contributed by atoms with Crippen LogP contribution in [-0.2, 0) is 0 Å². The van der Waals surface area contributed by atoms with E-state index in [0.29, 0.717) is 39.2 Å². The Kier molecular flexibility index (Phi) is 5.53. The van der Waals surface area contributed by atoms with Crippen LogP contribution in [0.3, 0.4) is 0 Å². The molecule has 3 aromatic rings. The summed E-state index contributed by atoms with van der Waals surface area (Å²) in [6.45, 7) is 4.40. The fraction of sp³-hybridized carbons (Fsp3) is 0.190. The number of thiazole rings is 1. The zero-order valence-corrected chi connectivity index (χ0v) is 17.2. The number of amides is 2. The molecule has 1 aromatic heterocycles. The van der Waals surface area contributed by atoms with Gasteiger partial charge in [0.1, 0.15) is 15.6 Å². The van der Waals surface area contributed by atoms with E-state index in [1.165, 1.54) is 11.3 Å². The predicted octanol–water partition coefficient (Wildman–Crippen LogP) is 3.32. The van der Waals surface area contributed by atoms with Gasteiger partial charge in [-0.05, 0) is 56.3 Å². The van der Waals surface area contributed by atoms with Crippen LogP contribution in [0.5, 0.6) is 17.2 Å². The zero-order chi connectivity index (χ0) is 21.1. The van der Waals surface area contributed by atoms with Crippen molar-refractivity contribution in [1.29, 1.82) is 0 Å². The molecule has 154 valence electrons. The molecule has 4 rings (SSSR count). The van der Waals surface area contributed by atoms with E-state index in [9.17, 15) is 9.59 Å². The Hall–Kier alpha value is -3.59. The molecule has 2 amide bonds. The lowest BCUT2D eigenvalue weighted by atomic mass is 10.2. The van der Waals surface area contributed by atoms with Crippen molar-refractivity contribution in [2.24, 2.45) is 0 Å². The average molecular weight is 425 g/mol. The topological polar surface area (TPSA) is 98.8 Å². The molecule has 0 aliphatic carbocycles. The Labute approximate surface area is 176 Å². The first-order chi connectivity index (χ1) is 14.5. The number of aryl methyl sites for hydroxylation is 1. The Morgan fingerprint density at radius 1 is 1.07 bits per heavy atom. The van der Waals surface area contributed by atoms with Crippen LogP contribution in [0.15, 0.2) is 42.5 Å². The molecule has 8 nitrogen and oxygen atoms in total. The highest BCUT2D eigenvalue weighted by Gasteiger charge is 2.19. The average Bonchev–Trinajstić information content (AvgIpc) is 3.38. The molecule has 0 radical (unpaired) electrons. The van der Waals surface area contributed by atoms with E-state index in [0.717, 1.165) is 11.3 Å². The number of nitrogens with one attached hydrogen (secondary N) is 2. The summed E-state index contributed by atoms with van der Waals surface area (Å²) in [7, 11) is 0. The van der Waals surface area contributed by atoms with Gasteiger partial charge in [-0.25, -0.2) is 4.98 Å². The Bertz CT molecular complexity index is 1090. The van der Waals surface area contributed by atoms with Gasteiger partial charge in [0.25, 0.3) is 11.8 Å². The smallest absolute Gasteiger partial charge is 0.281 e. The highest BCUT2D eigenvalue weighted by atomic mass is 32.1. The molecule has 0 bridgehead atoms. The van der Waals surface area contributed by atoms with Gasteiger partial charge < -0.3 is 14.2 Å². The van der Waals surface area contributed by atoms with Crippen LogP contribution < -0.4 is 25.1 Å². The van der Waals surface area contributed by atoms with Crippen LogP contribution in [0.2, 0.25) is 0 Å². The number of benzene rings is 2. The van der Waals surface area contributed by atoms with Crippen molar-refractivity contribution in [1.82, 2.24) is 15.8 Å². The predicted molar refractivity (Wildman–Crippen MR) is 111 cm³/mol. The van der Waals surface area contributed by atoms with E-state index in [1.807, 2.05) is 31.2 Å². The SMILES string of the molecule is CCOc1ccc(-c2nc(C)c(C(=O)NNC(=O)c3ccc4c(c3)OCO4)s2)cc1. The summed E-state index contributed by atoms with van der Waals surface area (Å²) in [5.41, 5.74) is 6.66. The van der Waals surface area contributed by atoms with Crippen LogP contribution in [-0.4, -0.2) is 30.2 Å². The van der Waals surface area contributed by atoms with E-state index >= 15 is 0 Å². The molecule has 0 saturated heterocycles. The van der Waals surface area contributed by atoms with Gasteiger partial charge in [0.15, 0.2) is 11.5 Å². The van der Waals surface area contributed by atoms with Gasteiger partial charge in [0.05, 0.1) is 12.3 Å². The van der Waals surface area contributed by atoms with Crippen molar-refractivity contribution >= 4 is 23.2 Å².